The summed E-state index contributed by atoms with van der Waals surface area (Å²) in [5.41, 5.74) is 1.06. The van der Waals surface area contributed by atoms with Crippen molar-refractivity contribution in [3.8, 4) is 0 Å². The number of aromatic nitrogens is 1. The van der Waals surface area contributed by atoms with Crippen LogP contribution in [-0.2, 0) is 6.54 Å². The van der Waals surface area contributed by atoms with Gasteiger partial charge in [-0.1, -0.05) is 12.8 Å². The Morgan fingerprint density at radius 3 is 2.54 bits per heavy atom. The minimum atomic E-state index is 0. The van der Waals surface area contributed by atoms with Crippen LogP contribution in [0.5, 0.6) is 0 Å². The van der Waals surface area contributed by atoms with Crippen LogP contribution in [0.25, 0.3) is 0 Å². The molecule has 2 heterocycles. The van der Waals surface area contributed by atoms with Crippen LogP contribution in [0.15, 0.2) is 10.4 Å². The third-order valence-corrected chi connectivity index (χ3v) is 6.35. The molecule has 1 aromatic heterocycles. The number of piperidine rings is 1. The number of anilines is 1. The third kappa shape index (κ3) is 5.95. The normalized spacial score (nSPS) is 20.0. The van der Waals surface area contributed by atoms with Crippen molar-refractivity contribution in [2.45, 2.75) is 57.2 Å². The molecule has 1 aliphatic carbocycles. The van der Waals surface area contributed by atoms with Gasteiger partial charge in [-0.25, -0.2) is 4.98 Å². The molecule has 0 aromatic carbocycles. The highest BCUT2D eigenvalue weighted by atomic mass is 127. The van der Waals surface area contributed by atoms with Crippen molar-refractivity contribution >= 4 is 46.4 Å². The van der Waals surface area contributed by atoms with E-state index in [1.807, 2.05) is 26.0 Å². The minimum absolute atomic E-state index is 0. The van der Waals surface area contributed by atoms with Crippen molar-refractivity contribution in [2.75, 3.05) is 39.1 Å². The lowest BCUT2D eigenvalue weighted by molar-refractivity contribution is 0.150. The second kappa shape index (κ2) is 10.7. The van der Waals surface area contributed by atoms with Crippen LogP contribution in [0.4, 0.5) is 5.13 Å². The molecule has 3 rings (SSSR count). The molecule has 0 radical (unpaired) electrons. The van der Waals surface area contributed by atoms with Gasteiger partial charge < -0.3 is 20.4 Å². The number of aliphatic imine (C=N–C) groups is 1. The zero-order chi connectivity index (χ0) is 17.6. The summed E-state index contributed by atoms with van der Waals surface area (Å²) in [5, 5.41) is 10.1. The lowest BCUT2D eigenvalue weighted by Crippen LogP contribution is -2.50. The zero-order valence-electron chi connectivity index (χ0n) is 16.2. The first-order valence-corrected chi connectivity index (χ1v) is 10.4. The Bertz CT molecular complexity index is 562. The molecule has 1 aromatic rings. The molecule has 0 amide bonds. The van der Waals surface area contributed by atoms with Gasteiger partial charge in [-0.2, -0.15) is 0 Å². The highest BCUT2D eigenvalue weighted by Gasteiger charge is 2.27. The molecule has 2 aliphatic rings. The van der Waals surface area contributed by atoms with Gasteiger partial charge >= 0.3 is 0 Å². The van der Waals surface area contributed by atoms with Crippen LogP contribution in [0.2, 0.25) is 0 Å². The summed E-state index contributed by atoms with van der Waals surface area (Å²) in [4.78, 5) is 13.7. The molecule has 26 heavy (non-hydrogen) atoms. The van der Waals surface area contributed by atoms with E-state index in [1.54, 1.807) is 11.3 Å². The molecule has 0 bridgehead atoms. The van der Waals surface area contributed by atoms with E-state index >= 15 is 0 Å². The van der Waals surface area contributed by atoms with Crippen molar-refractivity contribution < 1.29 is 0 Å². The molecule has 148 valence electrons. The van der Waals surface area contributed by atoms with Gasteiger partial charge in [0.15, 0.2) is 11.1 Å². The first kappa shape index (κ1) is 21.7. The van der Waals surface area contributed by atoms with E-state index in [-0.39, 0.29) is 24.0 Å². The second-order valence-corrected chi connectivity index (χ2v) is 8.17. The van der Waals surface area contributed by atoms with E-state index < -0.39 is 0 Å². The SMILES string of the molecule is CN=C(NCc1csc(N(C)C)n1)NC1CCN(C2CCCC2)CC1.I. The van der Waals surface area contributed by atoms with Crippen molar-refractivity contribution in [3.63, 3.8) is 0 Å². The van der Waals surface area contributed by atoms with Gasteiger partial charge in [0.2, 0.25) is 0 Å². The standard InChI is InChI=1S/C18H32N6S.HI/c1-19-17(20-12-15-13-25-18(22-15)23(2)3)21-14-8-10-24(11-9-14)16-6-4-5-7-16;/h13-14,16H,4-12H2,1-3H3,(H2,19,20,21);1H. The largest absolute Gasteiger partial charge is 0.354 e. The highest BCUT2D eigenvalue weighted by Crippen LogP contribution is 2.26. The third-order valence-electron chi connectivity index (χ3n) is 5.29. The van der Waals surface area contributed by atoms with Crippen LogP contribution in [-0.4, -0.2) is 62.2 Å². The van der Waals surface area contributed by atoms with Gasteiger partial charge in [-0.3, -0.25) is 4.99 Å². The zero-order valence-corrected chi connectivity index (χ0v) is 19.3. The summed E-state index contributed by atoms with van der Waals surface area (Å²) < 4.78 is 0. The van der Waals surface area contributed by atoms with E-state index in [0.717, 1.165) is 22.8 Å². The summed E-state index contributed by atoms with van der Waals surface area (Å²) in [6.45, 7) is 3.15. The fraction of sp³-hybridized carbons (Fsp3) is 0.778. The highest BCUT2D eigenvalue weighted by molar-refractivity contribution is 14.0. The van der Waals surface area contributed by atoms with Crippen LogP contribution in [0, 0.1) is 0 Å². The molecule has 0 spiro atoms. The molecular weight excluding hydrogens is 459 g/mol. The molecule has 2 N–H and O–H groups in total. The number of thiazole rings is 1. The van der Waals surface area contributed by atoms with E-state index in [0.29, 0.717) is 12.6 Å². The number of nitrogens with zero attached hydrogens (tertiary/aromatic N) is 4. The Balaban J connectivity index is 0.00000243. The Labute approximate surface area is 178 Å². The maximum absolute atomic E-state index is 4.61. The molecule has 8 heteroatoms. The maximum atomic E-state index is 4.61. The molecule has 1 aliphatic heterocycles. The minimum Gasteiger partial charge on any atom is -0.354 e. The van der Waals surface area contributed by atoms with Gasteiger partial charge in [0.1, 0.15) is 0 Å². The van der Waals surface area contributed by atoms with Crippen molar-refractivity contribution in [1.82, 2.24) is 20.5 Å². The van der Waals surface area contributed by atoms with E-state index in [4.69, 9.17) is 0 Å². The first-order valence-electron chi connectivity index (χ1n) is 9.48. The van der Waals surface area contributed by atoms with E-state index in [2.05, 4.69) is 30.9 Å². The monoisotopic (exact) mass is 492 g/mol. The van der Waals surface area contributed by atoms with Crippen molar-refractivity contribution in [2.24, 2.45) is 4.99 Å². The van der Waals surface area contributed by atoms with Gasteiger partial charge in [-0.15, -0.1) is 35.3 Å². The van der Waals surface area contributed by atoms with Crippen LogP contribution in [0.3, 0.4) is 0 Å². The number of hydrogen-bond acceptors (Lipinski definition) is 5. The van der Waals surface area contributed by atoms with Crippen LogP contribution in [0.1, 0.15) is 44.2 Å². The van der Waals surface area contributed by atoms with E-state index in [9.17, 15) is 0 Å². The number of likely N-dealkylation sites (tertiary alicyclic amines) is 1. The predicted molar refractivity (Wildman–Crippen MR) is 122 cm³/mol. The Morgan fingerprint density at radius 1 is 1.27 bits per heavy atom. The van der Waals surface area contributed by atoms with E-state index in [1.165, 1.54) is 51.6 Å². The van der Waals surface area contributed by atoms with Gasteiger partial charge in [0, 0.05) is 51.7 Å². The average molecular weight is 492 g/mol. The van der Waals surface area contributed by atoms with Crippen LogP contribution < -0.4 is 15.5 Å². The van der Waals surface area contributed by atoms with Gasteiger partial charge in [-0.05, 0) is 25.7 Å². The quantitative estimate of drug-likeness (QED) is 0.376. The second-order valence-electron chi connectivity index (χ2n) is 7.33. The molecule has 1 saturated heterocycles. The summed E-state index contributed by atoms with van der Waals surface area (Å²) in [7, 11) is 5.89. The van der Waals surface area contributed by atoms with Crippen molar-refractivity contribution in [3.05, 3.63) is 11.1 Å². The Morgan fingerprint density at radius 2 is 1.96 bits per heavy atom. The number of guanidine groups is 1. The van der Waals surface area contributed by atoms with Gasteiger partial charge in [0.25, 0.3) is 0 Å². The molecule has 6 nitrogen and oxygen atoms in total. The number of halogens is 1. The Hall–Kier alpha value is -0.610. The lowest BCUT2D eigenvalue weighted by Gasteiger charge is -2.36. The summed E-state index contributed by atoms with van der Waals surface area (Å²) in [6.07, 6.45) is 8.07. The fourth-order valence-electron chi connectivity index (χ4n) is 3.82. The van der Waals surface area contributed by atoms with Crippen molar-refractivity contribution in [1.29, 1.82) is 0 Å². The summed E-state index contributed by atoms with van der Waals surface area (Å²) >= 11 is 1.67. The Kier molecular flexibility index (Phi) is 8.89. The van der Waals surface area contributed by atoms with Gasteiger partial charge in [0.05, 0.1) is 12.2 Å². The van der Waals surface area contributed by atoms with Crippen LogP contribution >= 0.6 is 35.3 Å². The maximum Gasteiger partial charge on any atom is 0.191 e. The molecule has 0 unspecified atom stereocenters. The first-order chi connectivity index (χ1) is 12.2. The number of rotatable bonds is 5. The molecule has 1 saturated carbocycles. The fourth-order valence-corrected chi connectivity index (χ4v) is 4.58. The topological polar surface area (TPSA) is 55.8 Å². The molecule has 2 fully saturated rings. The molecule has 0 atom stereocenters. The smallest absolute Gasteiger partial charge is 0.191 e. The number of nitrogens with one attached hydrogen (secondary N) is 2. The summed E-state index contributed by atoms with van der Waals surface area (Å²) in [6, 6.07) is 1.38. The average Bonchev–Trinajstić information content (AvgIpc) is 3.31. The number of hydrogen-bond donors (Lipinski definition) is 2. The predicted octanol–water partition coefficient (Wildman–Crippen LogP) is 2.90. The summed E-state index contributed by atoms with van der Waals surface area (Å²) in [5.74, 6) is 0.888. The molecular formula is C18H33IN6S. The lowest BCUT2D eigenvalue weighted by atomic mass is 10.0.